The molecule has 0 amide bonds. The van der Waals surface area contributed by atoms with Gasteiger partial charge in [-0.15, -0.1) is 0 Å². The summed E-state index contributed by atoms with van der Waals surface area (Å²) < 4.78 is 87.7. The fourth-order valence-corrected chi connectivity index (χ4v) is 2.18. The van der Waals surface area contributed by atoms with Crippen molar-refractivity contribution in [3.05, 3.63) is 21.9 Å². The van der Waals surface area contributed by atoms with E-state index in [1.165, 1.54) is 6.92 Å². The van der Waals surface area contributed by atoms with Gasteiger partial charge < -0.3 is 0 Å². The Labute approximate surface area is 96.1 Å². The van der Waals surface area contributed by atoms with Gasteiger partial charge in [0, 0.05) is 10.9 Å². The lowest BCUT2D eigenvalue weighted by molar-refractivity contribution is -0.359. The maximum atomic E-state index is 13.2. The average Bonchev–Trinajstić information content (AvgIpc) is 2.63. The zero-order valence-electron chi connectivity index (χ0n) is 8.42. The van der Waals surface area contributed by atoms with Crippen LogP contribution in [0, 0.1) is 0 Å². The first-order valence-corrected chi connectivity index (χ1v) is 5.38. The van der Waals surface area contributed by atoms with Gasteiger partial charge in [0.2, 0.25) is 0 Å². The predicted octanol–water partition coefficient (Wildman–Crippen LogP) is 4.60. The van der Waals surface area contributed by atoms with Gasteiger partial charge in [0.15, 0.2) is 0 Å². The van der Waals surface area contributed by atoms with Crippen molar-refractivity contribution in [3.8, 4) is 0 Å². The molecule has 0 atom stereocenters. The molecule has 8 heteroatoms. The molecule has 0 N–H and O–H groups in total. The van der Waals surface area contributed by atoms with Crippen LogP contribution in [0.25, 0.3) is 0 Å². The number of hydrogen-bond donors (Lipinski definition) is 0. The van der Waals surface area contributed by atoms with E-state index in [0.717, 1.165) is 5.38 Å². The van der Waals surface area contributed by atoms with Crippen LogP contribution in [-0.2, 0) is 12.3 Å². The molecule has 0 nitrogen and oxygen atoms in total. The maximum absolute atomic E-state index is 13.2. The van der Waals surface area contributed by atoms with Crippen molar-refractivity contribution in [1.29, 1.82) is 0 Å². The zero-order chi connectivity index (χ0) is 13.5. The summed E-state index contributed by atoms with van der Waals surface area (Å²) in [7, 11) is 0. The van der Waals surface area contributed by atoms with Crippen molar-refractivity contribution in [1.82, 2.24) is 0 Å². The molecule has 98 valence electrons. The van der Waals surface area contributed by atoms with Crippen LogP contribution in [0.4, 0.5) is 30.7 Å². The molecule has 0 aliphatic carbocycles. The van der Waals surface area contributed by atoms with Crippen molar-refractivity contribution < 1.29 is 30.7 Å². The number of aryl methyl sites for hydroxylation is 1. The molecule has 0 aliphatic rings. The topological polar surface area (TPSA) is 0 Å². The summed E-state index contributed by atoms with van der Waals surface area (Å²) in [5, 5.41) is 1.76. The van der Waals surface area contributed by atoms with Crippen LogP contribution in [0.1, 0.15) is 18.1 Å². The van der Waals surface area contributed by atoms with E-state index >= 15 is 0 Å². The molecular formula is C9H7F7S. The highest BCUT2D eigenvalue weighted by Crippen LogP contribution is 2.52. The van der Waals surface area contributed by atoms with Crippen molar-refractivity contribution in [3.63, 3.8) is 0 Å². The third-order valence-corrected chi connectivity index (χ3v) is 3.00. The Hall–Kier alpha value is -0.790. The largest absolute Gasteiger partial charge is 0.460 e. The van der Waals surface area contributed by atoms with Crippen molar-refractivity contribution in [2.24, 2.45) is 0 Å². The van der Waals surface area contributed by atoms with Gasteiger partial charge in [-0.05, 0) is 17.4 Å². The minimum Gasteiger partial charge on any atom is -0.194 e. The number of hydrogen-bond acceptors (Lipinski definition) is 1. The molecule has 0 bridgehead atoms. The minimum absolute atomic E-state index is 0.0393. The zero-order valence-corrected chi connectivity index (χ0v) is 9.23. The molecule has 1 rings (SSSR count). The Bertz CT molecular complexity index is 390. The summed E-state index contributed by atoms with van der Waals surface area (Å²) in [4.78, 5) is 0. The highest BCUT2D eigenvalue weighted by Gasteiger charge is 2.73. The highest BCUT2D eigenvalue weighted by molar-refractivity contribution is 7.08. The quantitative estimate of drug-likeness (QED) is 0.710. The Morgan fingerprint density at radius 2 is 1.53 bits per heavy atom. The van der Waals surface area contributed by atoms with Gasteiger partial charge in [-0.3, -0.25) is 0 Å². The average molecular weight is 280 g/mol. The van der Waals surface area contributed by atoms with Crippen molar-refractivity contribution in [2.75, 3.05) is 0 Å². The molecule has 0 aromatic carbocycles. The molecule has 0 aliphatic heterocycles. The first-order chi connectivity index (χ1) is 7.55. The van der Waals surface area contributed by atoms with E-state index in [-0.39, 0.29) is 12.0 Å². The highest BCUT2D eigenvalue weighted by atomic mass is 32.1. The molecule has 0 spiro atoms. The molecule has 1 aromatic heterocycles. The van der Waals surface area contributed by atoms with Crippen LogP contribution in [-0.4, -0.2) is 12.1 Å². The first-order valence-electron chi connectivity index (χ1n) is 4.43. The lowest BCUT2D eigenvalue weighted by atomic mass is 10.00. The summed E-state index contributed by atoms with van der Waals surface area (Å²) in [6, 6.07) is 0. The van der Waals surface area contributed by atoms with E-state index in [1.54, 1.807) is 0 Å². The molecule has 0 unspecified atom stereocenters. The van der Waals surface area contributed by atoms with Gasteiger partial charge in [0.25, 0.3) is 0 Å². The SMILES string of the molecule is CCc1cscc1C(F)(F)C(F)(F)C(F)(F)F. The van der Waals surface area contributed by atoms with Crippen molar-refractivity contribution >= 4 is 11.3 Å². The molecule has 0 saturated heterocycles. The van der Waals surface area contributed by atoms with E-state index in [0.29, 0.717) is 16.7 Å². The first kappa shape index (κ1) is 14.3. The Morgan fingerprint density at radius 3 is 1.94 bits per heavy atom. The van der Waals surface area contributed by atoms with Crippen molar-refractivity contribution in [2.45, 2.75) is 31.4 Å². The van der Waals surface area contributed by atoms with E-state index in [4.69, 9.17) is 0 Å². The normalized spacial score (nSPS) is 14.1. The van der Waals surface area contributed by atoms with Gasteiger partial charge in [-0.1, -0.05) is 6.92 Å². The van der Waals surface area contributed by atoms with Gasteiger partial charge in [-0.25, -0.2) is 0 Å². The molecule has 0 radical (unpaired) electrons. The molecule has 1 heterocycles. The Kier molecular flexibility index (Phi) is 3.48. The molecule has 1 aromatic rings. The fourth-order valence-electron chi connectivity index (χ4n) is 1.22. The second kappa shape index (κ2) is 4.15. The van der Waals surface area contributed by atoms with Gasteiger partial charge >= 0.3 is 18.0 Å². The smallest absolute Gasteiger partial charge is 0.194 e. The Morgan fingerprint density at radius 1 is 1.00 bits per heavy atom. The maximum Gasteiger partial charge on any atom is 0.460 e. The number of alkyl halides is 7. The van der Waals surface area contributed by atoms with Crippen LogP contribution < -0.4 is 0 Å². The van der Waals surface area contributed by atoms with E-state index in [2.05, 4.69) is 0 Å². The lowest BCUT2D eigenvalue weighted by Crippen LogP contribution is -2.50. The molecule has 0 saturated carbocycles. The number of thiophene rings is 1. The lowest BCUT2D eigenvalue weighted by Gasteiger charge is -2.28. The van der Waals surface area contributed by atoms with E-state index in [1.807, 2.05) is 0 Å². The summed E-state index contributed by atoms with van der Waals surface area (Å²) in [5.74, 6) is -11.3. The molecule has 0 fully saturated rings. The van der Waals surface area contributed by atoms with Gasteiger partial charge in [0.05, 0.1) is 0 Å². The van der Waals surface area contributed by atoms with Crippen LogP contribution in [0.2, 0.25) is 0 Å². The second-order valence-corrected chi connectivity index (χ2v) is 4.05. The summed E-state index contributed by atoms with van der Waals surface area (Å²) >= 11 is 0.664. The molecule has 17 heavy (non-hydrogen) atoms. The minimum atomic E-state index is -6.29. The Balaban J connectivity index is 3.28. The van der Waals surface area contributed by atoms with Crippen LogP contribution in [0.15, 0.2) is 10.8 Å². The monoisotopic (exact) mass is 280 g/mol. The third-order valence-electron chi connectivity index (χ3n) is 2.21. The van der Waals surface area contributed by atoms with E-state index < -0.39 is 23.6 Å². The second-order valence-electron chi connectivity index (χ2n) is 3.31. The van der Waals surface area contributed by atoms with Crippen LogP contribution >= 0.6 is 11.3 Å². The van der Waals surface area contributed by atoms with E-state index in [9.17, 15) is 30.7 Å². The third kappa shape index (κ3) is 2.14. The van der Waals surface area contributed by atoms with Crippen LogP contribution in [0.5, 0.6) is 0 Å². The summed E-state index contributed by atoms with van der Waals surface area (Å²) in [6.45, 7) is 1.40. The summed E-state index contributed by atoms with van der Waals surface area (Å²) in [6.07, 6.45) is -6.33. The number of halogens is 7. The number of rotatable bonds is 3. The standard InChI is InChI=1S/C9H7F7S/c1-2-5-3-17-4-6(5)7(10,11)8(12,13)9(14,15)16/h3-4H,2H2,1H3. The fraction of sp³-hybridized carbons (Fsp3) is 0.556. The predicted molar refractivity (Wildman–Crippen MR) is 48.6 cm³/mol. The van der Waals surface area contributed by atoms with Gasteiger partial charge in [0.1, 0.15) is 0 Å². The van der Waals surface area contributed by atoms with Crippen LogP contribution in [0.3, 0.4) is 0 Å². The molecular weight excluding hydrogens is 273 g/mol. The summed E-state index contributed by atoms with van der Waals surface area (Å²) in [5.41, 5.74) is -1.46. The van der Waals surface area contributed by atoms with Gasteiger partial charge in [-0.2, -0.15) is 42.1 Å².